The van der Waals surface area contributed by atoms with Crippen molar-refractivity contribution in [2.24, 2.45) is 5.92 Å². The van der Waals surface area contributed by atoms with Gasteiger partial charge in [-0.15, -0.1) is 0 Å². The minimum absolute atomic E-state index is 0.198. The van der Waals surface area contributed by atoms with E-state index in [1.165, 1.54) is 0 Å². The zero-order valence-corrected chi connectivity index (χ0v) is 25.3. The summed E-state index contributed by atoms with van der Waals surface area (Å²) in [4.78, 5) is 35.8. The first kappa shape index (κ1) is 29.9. The van der Waals surface area contributed by atoms with Crippen molar-refractivity contribution in [1.29, 1.82) is 0 Å². The van der Waals surface area contributed by atoms with E-state index >= 15 is 0 Å². The van der Waals surface area contributed by atoms with Gasteiger partial charge in [0, 0.05) is 22.8 Å². The van der Waals surface area contributed by atoms with Gasteiger partial charge < -0.3 is 15.2 Å². The van der Waals surface area contributed by atoms with E-state index in [1.54, 1.807) is 6.92 Å². The molecule has 2 rings (SSSR count). The van der Waals surface area contributed by atoms with Crippen LogP contribution in [0.2, 0.25) is 0 Å². The Bertz CT molecular complexity index is 1270. The number of carbonyl (C=O) groups excluding carboxylic acids is 2. The van der Waals surface area contributed by atoms with E-state index in [9.17, 15) is 28.1 Å². The Hall–Kier alpha value is -1.32. The van der Waals surface area contributed by atoms with Crippen LogP contribution in [-0.2, 0) is 26.1 Å². The normalized spacial score (nSPS) is 12.1. The van der Waals surface area contributed by atoms with Crippen molar-refractivity contribution in [2.75, 3.05) is 18.1 Å². The van der Waals surface area contributed by atoms with Crippen LogP contribution in [0.3, 0.4) is 0 Å². The molecule has 0 saturated heterocycles. The number of hydrogen-bond acceptors (Lipinski definition) is 9. The molecule has 0 aromatic heterocycles. The SMILES string of the molecule is CCC(Cc1c(I)cc(I)c(N)c1I)C(=O)Oc1cc(C(=O)OCCS(=O)(=O)O)ccc1[N+](=O)[O-]. The highest BCUT2D eigenvalue weighted by atomic mass is 127. The number of benzene rings is 2. The van der Waals surface area contributed by atoms with Gasteiger partial charge in [0.05, 0.1) is 22.1 Å². The molecule has 0 amide bonds. The topological polar surface area (TPSA) is 176 Å². The fraction of sp³-hybridized carbons (Fsp3) is 0.300. The third-order valence-corrected chi connectivity index (χ3v) is 8.52. The molecule has 3 N–H and O–H groups in total. The molecule has 0 fully saturated rings. The second-order valence-electron chi connectivity index (χ2n) is 7.14. The van der Waals surface area contributed by atoms with Gasteiger partial charge >= 0.3 is 17.6 Å². The number of nitrogens with two attached hydrogens (primary N) is 1. The van der Waals surface area contributed by atoms with Gasteiger partial charge in [-0.25, -0.2) is 4.79 Å². The molecular weight excluding hydrogens is 825 g/mol. The van der Waals surface area contributed by atoms with Crippen LogP contribution in [0.25, 0.3) is 0 Å². The van der Waals surface area contributed by atoms with Crippen molar-refractivity contribution in [3.8, 4) is 5.75 Å². The predicted octanol–water partition coefficient (Wildman–Crippen LogP) is 4.21. The molecule has 0 radical (unpaired) electrons. The summed E-state index contributed by atoms with van der Waals surface area (Å²) in [6, 6.07) is 4.94. The predicted molar refractivity (Wildman–Crippen MR) is 152 cm³/mol. The average Bonchev–Trinajstić information content (AvgIpc) is 2.76. The molecule has 1 atom stereocenters. The largest absolute Gasteiger partial charge is 0.461 e. The monoisotopic (exact) mass is 844 g/mol. The molecule has 2 aromatic carbocycles. The molecule has 0 aliphatic carbocycles. The maximum atomic E-state index is 13.0. The van der Waals surface area contributed by atoms with Crippen LogP contribution in [0.15, 0.2) is 24.3 Å². The molecule has 35 heavy (non-hydrogen) atoms. The molecular formula is C20H19I3N2O9S. The van der Waals surface area contributed by atoms with Gasteiger partial charge in [0.25, 0.3) is 10.1 Å². The highest BCUT2D eigenvalue weighted by Crippen LogP contribution is 2.33. The average molecular weight is 844 g/mol. The molecule has 0 aliphatic heterocycles. The minimum atomic E-state index is -4.34. The number of rotatable bonds is 10. The molecule has 0 aliphatic rings. The lowest BCUT2D eigenvalue weighted by Gasteiger charge is -2.18. The van der Waals surface area contributed by atoms with Crippen molar-refractivity contribution >= 4 is 101 Å². The second kappa shape index (κ2) is 12.8. The van der Waals surface area contributed by atoms with E-state index in [0.29, 0.717) is 12.1 Å². The fourth-order valence-electron chi connectivity index (χ4n) is 2.86. The highest BCUT2D eigenvalue weighted by Gasteiger charge is 2.27. The molecule has 15 heteroatoms. The molecule has 1 unspecified atom stereocenters. The fourth-order valence-corrected chi connectivity index (χ4v) is 6.97. The zero-order valence-electron chi connectivity index (χ0n) is 18.0. The van der Waals surface area contributed by atoms with Gasteiger partial charge in [0.1, 0.15) is 12.4 Å². The summed E-state index contributed by atoms with van der Waals surface area (Å²) >= 11 is 6.39. The van der Waals surface area contributed by atoms with Crippen molar-refractivity contribution in [3.05, 3.63) is 56.2 Å². The van der Waals surface area contributed by atoms with E-state index in [2.05, 4.69) is 67.8 Å². The summed E-state index contributed by atoms with van der Waals surface area (Å²) in [5.41, 5.74) is 6.85. The number of halogens is 3. The highest BCUT2D eigenvalue weighted by molar-refractivity contribution is 14.1. The van der Waals surface area contributed by atoms with E-state index in [0.717, 1.165) is 34.5 Å². The zero-order chi connectivity index (χ0) is 26.5. The Balaban J connectivity index is 2.28. The number of nitrogens with zero attached hydrogens (tertiary/aromatic N) is 1. The van der Waals surface area contributed by atoms with E-state index < -0.39 is 56.7 Å². The molecule has 0 saturated carbocycles. The lowest BCUT2D eigenvalue weighted by Crippen LogP contribution is -2.23. The summed E-state index contributed by atoms with van der Waals surface area (Å²) in [5.74, 6) is -3.65. The Kier molecular flexibility index (Phi) is 10.9. The Morgan fingerprint density at radius 2 is 1.86 bits per heavy atom. The van der Waals surface area contributed by atoms with Crippen LogP contribution >= 0.6 is 67.8 Å². The number of nitro benzene ring substituents is 1. The first-order valence-electron chi connectivity index (χ1n) is 9.79. The van der Waals surface area contributed by atoms with Crippen molar-refractivity contribution in [2.45, 2.75) is 19.8 Å². The van der Waals surface area contributed by atoms with Crippen LogP contribution in [0.4, 0.5) is 11.4 Å². The lowest BCUT2D eigenvalue weighted by atomic mass is 9.96. The summed E-state index contributed by atoms with van der Waals surface area (Å²) < 4.78 is 43.0. The number of carbonyl (C=O) groups is 2. The molecule has 11 nitrogen and oxygen atoms in total. The van der Waals surface area contributed by atoms with Crippen molar-refractivity contribution in [3.63, 3.8) is 0 Å². The number of nitro groups is 1. The Morgan fingerprint density at radius 3 is 2.43 bits per heavy atom. The molecule has 190 valence electrons. The summed E-state index contributed by atoms with van der Waals surface area (Å²) in [5, 5.41) is 11.4. The van der Waals surface area contributed by atoms with Crippen molar-refractivity contribution < 1.29 is 37.0 Å². The second-order valence-corrected chi connectivity index (χ2v) is 12.1. The molecule has 0 spiro atoms. The van der Waals surface area contributed by atoms with Gasteiger partial charge in [-0.05, 0) is 98.3 Å². The first-order chi connectivity index (χ1) is 16.2. The number of hydrogen-bond donors (Lipinski definition) is 2. The number of ether oxygens (including phenoxy) is 2. The third-order valence-electron chi connectivity index (χ3n) is 4.75. The smallest absolute Gasteiger partial charge is 0.338 e. The van der Waals surface area contributed by atoms with Crippen LogP contribution in [0, 0.1) is 26.7 Å². The number of anilines is 1. The summed E-state index contributed by atoms with van der Waals surface area (Å²) in [6.07, 6.45) is 0.667. The molecule has 2 aromatic rings. The third kappa shape index (κ3) is 8.35. The summed E-state index contributed by atoms with van der Waals surface area (Å²) in [7, 11) is -4.34. The molecule has 0 heterocycles. The minimum Gasteiger partial charge on any atom is -0.461 e. The van der Waals surface area contributed by atoms with Crippen LogP contribution in [-0.4, -0.2) is 42.2 Å². The van der Waals surface area contributed by atoms with Gasteiger partial charge in [0.2, 0.25) is 5.75 Å². The van der Waals surface area contributed by atoms with Crippen LogP contribution in [0.5, 0.6) is 5.75 Å². The van der Waals surface area contributed by atoms with E-state index in [4.69, 9.17) is 19.8 Å². The van der Waals surface area contributed by atoms with Gasteiger partial charge in [-0.1, -0.05) is 6.92 Å². The van der Waals surface area contributed by atoms with Gasteiger partial charge in [-0.3, -0.25) is 19.5 Å². The maximum absolute atomic E-state index is 13.0. The van der Waals surface area contributed by atoms with Gasteiger partial charge in [-0.2, -0.15) is 8.42 Å². The van der Waals surface area contributed by atoms with Crippen LogP contribution < -0.4 is 10.5 Å². The van der Waals surface area contributed by atoms with E-state index in [-0.39, 0.29) is 12.0 Å². The van der Waals surface area contributed by atoms with Gasteiger partial charge in [0.15, 0.2) is 0 Å². The Labute approximate surface area is 241 Å². The standard InChI is InChI=1S/C20H19I3N2O9S/c1-2-10(7-12-13(21)9-14(22)18(24)17(12)23)20(27)34-16-8-11(3-4-15(16)25(28)29)19(26)33-5-6-35(30,31)32/h3-4,8-10H,2,5-7,24H2,1H3,(H,30,31,32). The lowest BCUT2D eigenvalue weighted by molar-refractivity contribution is -0.385. The van der Waals surface area contributed by atoms with E-state index in [1.807, 2.05) is 6.07 Å². The van der Waals surface area contributed by atoms with Crippen molar-refractivity contribution in [1.82, 2.24) is 0 Å². The number of esters is 2. The molecule has 0 bridgehead atoms. The summed E-state index contributed by atoms with van der Waals surface area (Å²) in [6.45, 7) is 1.15. The number of nitrogen functional groups attached to an aromatic ring is 1. The Morgan fingerprint density at radius 1 is 1.20 bits per heavy atom. The quantitative estimate of drug-likeness (QED) is 0.0671. The van der Waals surface area contributed by atoms with Crippen LogP contribution in [0.1, 0.15) is 29.3 Å². The maximum Gasteiger partial charge on any atom is 0.338 e. The first-order valence-corrected chi connectivity index (χ1v) is 14.6.